The second-order valence-electron chi connectivity index (χ2n) is 3.57. The highest BCUT2D eigenvalue weighted by molar-refractivity contribution is 6.30. The Hall–Kier alpha value is -1.79. The van der Waals surface area contributed by atoms with E-state index in [1.165, 1.54) is 0 Å². The summed E-state index contributed by atoms with van der Waals surface area (Å²) in [5.74, 6) is 0. The molecule has 2 aromatic rings. The van der Waals surface area contributed by atoms with Crippen molar-refractivity contribution >= 4 is 11.6 Å². The lowest BCUT2D eigenvalue weighted by molar-refractivity contribution is 0.671. The van der Waals surface area contributed by atoms with Crippen molar-refractivity contribution in [1.29, 1.82) is 5.26 Å². The molecule has 0 fully saturated rings. The number of hydrogen-bond donors (Lipinski definition) is 0. The molecule has 4 heteroatoms. The summed E-state index contributed by atoms with van der Waals surface area (Å²) in [7, 11) is 0. The van der Waals surface area contributed by atoms with Gasteiger partial charge in [-0.2, -0.15) is 10.4 Å². The fourth-order valence-electron chi connectivity index (χ4n) is 1.52. The minimum Gasteiger partial charge on any atom is -0.250 e. The zero-order valence-corrected chi connectivity index (χ0v) is 9.57. The van der Waals surface area contributed by atoms with Crippen LogP contribution in [0.25, 0.3) is 0 Å². The predicted molar refractivity (Wildman–Crippen MR) is 62.2 cm³/mol. The van der Waals surface area contributed by atoms with Crippen LogP contribution >= 0.6 is 11.6 Å². The quantitative estimate of drug-likeness (QED) is 0.798. The van der Waals surface area contributed by atoms with Crippen LogP contribution in [0.3, 0.4) is 0 Å². The molecular formula is C12H10ClN3. The molecule has 0 saturated carbocycles. The molecule has 2 rings (SSSR count). The molecule has 1 aromatic carbocycles. The van der Waals surface area contributed by atoms with Gasteiger partial charge in [0.05, 0.1) is 12.2 Å². The maximum absolute atomic E-state index is 8.92. The third-order valence-corrected chi connectivity index (χ3v) is 2.51. The van der Waals surface area contributed by atoms with Gasteiger partial charge in [0.15, 0.2) is 0 Å². The first-order valence-corrected chi connectivity index (χ1v) is 5.26. The average Bonchev–Trinajstić information content (AvgIpc) is 2.62. The van der Waals surface area contributed by atoms with E-state index in [1.54, 1.807) is 10.7 Å². The molecule has 1 heterocycles. The molecule has 3 nitrogen and oxygen atoms in total. The zero-order valence-electron chi connectivity index (χ0n) is 8.81. The lowest BCUT2D eigenvalue weighted by atomic mass is 10.2. The first-order valence-electron chi connectivity index (χ1n) is 4.88. The number of nitrogens with zero attached hydrogens (tertiary/aromatic N) is 3. The lowest BCUT2D eigenvalue weighted by Gasteiger charge is -2.03. The van der Waals surface area contributed by atoms with Crippen molar-refractivity contribution < 1.29 is 0 Å². The van der Waals surface area contributed by atoms with Crippen LogP contribution in [0.4, 0.5) is 0 Å². The summed E-state index contributed by atoms with van der Waals surface area (Å²) < 4.78 is 1.69. The predicted octanol–water partition coefficient (Wildman–Crippen LogP) is 2.76. The normalized spacial score (nSPS) is 10.1. The molecule has 16 heavy (non-hydrogen) atoms. The van der Waals surface area contributed by atoms with Gasteiger partial charge in [0.2, 0.25) is 0 Å². The zero-order chi connectivity index (χ0) is 11.5. The summed E-state index contributed by atoms with van der Waals surface area (Å²) in [6.07, 6.45) is 0. The molecule has 0 atom stereocenters. The third-order valence-electron chi connectivity index (χ3n) is 2.26. The van der Waals surface area contributed by atoms with Gasteiger partial charge in [-0.3, -0.25) is 4.68 Å². The third kappa shape index (κ3) is 2.23. The molecule has 0 radical (unpaired) electrons. The first kappa shape index (κ1) is 10.7. The molecule has 0 aliphatic heterocycles. The Labute approximate surface area is 98.9 Å². The summed E-state index contributed by atoms with van der Waals surface area (Å²) >= 11 is 5.80. The minimum absolute atomic E-state index is 0.576. The van der Waals surface area contributed by atoms with Gasteiger partial charge in [-0.05, 0) is 30.7 Å². The average molecular weight is 232 g/mol. The second-order valence-corrected chi connectivity index (χ2v) is 4.00. The van der Waals surface area contributed by atoms with E-state index in [9.17, 15) is 0 Å². The summed E-state index contributed by atoms with van der Waals surface area (Å²) in [6, 6.07) is 11.4. The number of halogens is 1. The molecule has 0 aliphatic carbocycles. The molecule has 0 unspecified atom stereocenters. The Morgan fingerprint density at radius 1 is 1.38 bits per heavy atom. The van der Waals surface area contributed by atoms with Crippen molar-refractivity contribution in [3.63, 3.8) is 0 Å². The number of aromatic nitrogens is 2. The highest BCUT2D eigenvalue weighted by Crippen LogP contribution is 2.12. The number of rotatable bonds is 2. The van der Waals surface area contributed by atoms with E-state index in [0.717, 1.165) is 11.3 Å². The fraction of sp³-hybridized carbons (Fsp3) is 0.167. The van der Waals surface area contributed by atoms with Crippen LogP contribution in [0, 0.1) is 18.3 Å². The summed E-state index contributed by atoms with van der Waals surface area (Å²) in [5, 5.41) is 13.9. The van der Waals surface area contributed by atoms with Crippen molar-refractivity contribution in [3.05, 3.63) is 52.3 Å². The highest BCUT2D eigenvalue weighted by atomic mass is 35.5. The van der Waals surface area contributed by atoms with Gasteiger partial charge in [0.1, 0.15) is 11.8 Å². The second kappa shape index (κ2) is 4.38. The number of benzene rings is 1. The Kier molecular flexibility index (Phi) is 2.93. The van der Waals surface area contributed by atoms with Crippen LogP contribution in [0.5, 0.6) is 0 Å². The number of nitriles is 1. The molecule has 0 bridgehead atoms. The van der Waals surface area contributed by atoms with Gasteiger partial charge in [-0.1, -0.05) is 23.7 Å². The molecule has 80 valence electrons. The van der Waals surface area contributed by atoms with Crippen LogP contribution in [0.15, 0.2) is 30.3 Å². The standard InChI is InChI=1S/C12H10ClN3/c1-9-6-12(7-14)16(15-9)8-10-2-4-11(13)5-3-10/h2-6H,8H2,1H3. The van der Waals surface area contributed by atoms with Crippen LogP contribution in [-0.4, -0.2) is 9.78 Å². The lowest BCUT2D eigenvalue weighted by Crippen LogP contribution is -2.04. The molecule has 1 aromatic heterocycles. The fourth-order valence-corrected chi connectivity index (χ4v) is 1.64. The van der Waals surface area contributed by atoms with Crippen LogP contribution in [0.1, 0.15) is 17.0 Å². The summed E-state index contributed by atoms with van der Waals surface area (Å²) in [4.78, 5) is 0. The molecule has 0 N–H and O–H groups in total. The van der Waals surface area contributed by atoms with Gasteiger partial charge in [0.25, 0.3) is 0 Å². The Balaban J connectivity index is 2.27. The smallest absolute Gasteiger partial charge is 0.139 e. The van der Waals surface area contributed by atoms with E-state index in [2.05, 4.69) is 11.2 Å². The summed E-state index contributed by atoms with van der Waals surface area (Å²) in [6.45, 7) is 2.47. The van der Waals surface area contributed by atoms with E-state index in [0.29, 0.717) is 17.3 Å². The van der Waals surface area contributed by atoms with Gasteiger partial charge < -0.3 is 0 Å². The van der Waals surface area contributed by atoms with Crippen molar-refractivity contribution in [2.45, 2.75) is 13.5 Å². The van der Waals surface area contributed by atoms with E-state index < -0.39 is 0 Å². The number of aryl methyl sites for hydroxylation is 1. The van der Waals surface area contributed by atoms with Crippen molar-refractivity contribution in [1.82, 2.24) is 9.78 Å². The maximum Gasteiger partial charge on any atom is 0.139 e. The SMILES string of the molecule is Cc1cc(C#N)n(Cc2ccc(Cl)cc2)n1. The monoisotopic (exact) mass is 231 g/mol. The van der Waals surface area contributed by atoms with E-state index >= 15 is 0 Å². The molecule has 0 amide bonds. The Morgan fingerprint density at radius 2 is 2.06 bits per heavy atom. The van der Waals surface area contributed by atoms with E-state index in [1.807, 2.05) is 31.2 Å². The van der Waals surface area contributed by atoms with Crippen molar-refractivity contribution in [2.75, 3.05) is 0 Å². The first-order chi connectivity index (χ1) is 7.69. The van der Waals surface area contributed by atoms with Crippen LogP contribution in [-0.2, 0) is 6.54 Å². The van der Waals surface area contributed by atoms with Gasteiger partial charge in [-0.25, -0.2) is 0 Å². The molecular weight excluding hydrogens is 222 g/mol. The minimum atomic E-state index is 0.576. The Bertz CT molecular complexity index is 534. The van der Waals surface area contributed by atoms with Gasteiger partial charge in [0, 0.05) is 5.02 Å². The van der Waals surface area contributed by atoms with E-state index in [-0.39, 0.29) is 0 Å². The highest BCUT2D eigenvalue weighted by Gasteiger charge is 2.04. The largest absolute Gasteiger partial charge is 0.250 e. The van der Waals surface area contributed by atoms with Gasteiger partial charge >= 0.3 is 0 Å². The van der Waals surface area contributed by atoms with Crippen molar-refractivity contribution in [2.24, 2.45) is 0 Å². The van der Waals surface area contributed by atoms with E-state index in [4.69, 9.17) is 16.9 Å². The molecule has 0 spiro atoms. The molecule has 0 saturated heterocycles. The maximum atomic E-state index is 8.92. The van der Waals surface area contributed by atoms with Gasteiger partial charge in [-0.15, -0.1) is 0 Å². The number of hydrogen-bond acceptors (Lipinski definition) is 2. The summed E-state index contributed by atoms with van der Waals surface area (Å²) in [5.41, 5.74) is 2.50. The van der Waals surface area contributed by atoms with Crippen LogP contribution < -0.4 is 0 Å². The Morgan fingerprint density at radius 3 is 2.69 bits per heavy atom. The van der Waals surface area contributed by atoms with Crippen molar-refractivity contribution in [3.8, 4) is 6.07 Å². The van der Waals surface area contributed by atoms with Crippen LogP contribution in [0.2, 0.25) is 5.02 Å². The molecule has 0 aliphatic rings. The topological polar surface area (TPSA) is 41.6 Å².